The number of carbonyl (C=O) groups excluding carboxylic acids is 1. The van der Waals surface area contributed by atoms with Crippen molar-refractivity contribution >= 4 is 21.6 Å². The summed E-state index contributed by atoms with van der Waals surface area (Å²) in [5.74, 6) is 0. The number of hydrogen-bond acceptors (Lipinski definition) is 3. The van der Waals surface area contributed by atoms with Gasteiger partial charge in [0, 0.05) is 18.0 Å². The summed E-state index contributed by atoms with van der Waals surface area (Å²) in [4.78, 5) is 12.2. The van der Waals surface area contributed by atoms with Gasteiger partial charge in [0.25, 0.3) is 0 Å². The van der Waals surface area contributed by atoms with Gasteiger partial charge in [-0.15, -0.1) is 0 Å². The summed E-state index contributed by atoms with van der Waals surface area (Å²) in [7, 11) is -3.29. The average molecular weight is 326 g/mol. The topological polar surface area (TPSA) is 75.3 Å². The van der Waals surface area contributed by atoms with Crippen molar-refractivity contribution in [3.63, 3.8) is 0 Å². The Labute approximate surface area is 133 Å². The van der Waals surface area contributed by atoms with Gasteiger partial charge in [-0.2, -0.15) is 0 Å². The maximum Gasteiger partial charge on any atom is 0.319 e. The van der Waals surface area contributed by atoms with Crippen molar-refractivity contribution in [2.24, 2.45) is 0 Å². The van der Waals surface area contributed by atoms with Gasteiger partial charge in [0.1, 0.15) is 0 Å². The van der Waals surface area contributed by atoms with Gasteiger partial charge in [0.15, 0.2) is 9.84 Å². The number of amides is 2. The molecule has 0 bridgehead atoms. The van der Waals surface area contributed by atoms with E-state index in [-0.39, 0.29) is 17.0 Å². The third kappa shape index (κ3) is 6.05. The van der Waals surface area contributed by atoms with E-state index < -0.39 is 9.84 Å². The number of carbonyl (C=O) groups is 1. The minimum atomic E-state index is -3.29. The number of anilines is 1. The molecule has 0 saturated heterocycles. The number of nitrogens with one attached hydrogen (secondary N) is 2. The molecule has 1 unspecified atom stereocenters. The molecule has 1 aromatic carbocycles. The van der Waals surface area contributed by atoms with Gasteiger partial charge >= 0.3 is 6.03 Å². The van der Waals surface area contributed by atoms with E-state index in [1.165, 1.54) is 6.07 Å². The Hall–Kier alpha value is -1.56. The first kappa shape index (κ1) is 18.5. The largest absolute Gasteiger partial charge is 0.335 e. The van der Waals surface area contributed by atoms with Gasteiger partial charge in [0.2, 0.25) is 0 Å². The molecule has 1 atom stereocenters. The van der Waals surface area contributed by atoms with E-state index in [1.54, 1.807) is 12.1 Å². The number of urea groups is 1. The smallest absolute Gasteiger partial charge is 0.319 e. The molecular formula is C16H26N2O3S. The minimum absolute atomic E-state index is 0.0879. The lowest BCUT2D eigenvalue weighted by Crippen LogP contribution is -2.36. The first-order chi connectivity index (χ1) is 10.2. The van der Waals surface area contributed by atoms with Crippen LogP contribution in [0.2, 0.25) is 0 Å². The monoisotopic (exact) mass is 326 g/mol. The van der Waals surface area contributed by atoms with E-state index in [0.717, 1.165) is 37.5 Å². The number of unbranched alkanes of at least 4 members (excludes halogenated alkanes) is 2. The molecule has 0 saturated carbocycles. The summed E-state index contributed by atoms with van der Waals surface area (Å²) in [5, 5.41) is 5.60. The van der Waals surface area contributed by atoms with Crippen LogP contribution in [-0.4, -0.2) is 26.7 Å². The Kier molecular flexibility index (Phi) is 6.87. The zero-order valence-corrected chi connectivity index (χ0v) is 14.6. The molecule has 0 aliphatic heterocycles. The number of benzene rings is 1. The molecule has 1 aromatic rings. The highest BCUT2D eigenvalue weighted by Crippen LogP contribution is 2.20. The summed E-state index contributed by atoms with van der Waals surface area (Å²) in [6, 6.07) is 4.51. The Bertz CT molecular complexity index is 612. The maximum atomic E-state index is 12.0. The van der Waals surface area contributed by atoms with Gasteiger partial charge in [-0.05, 0) is 38.0 Å². The van der Waals surface area contributed by atoms with Crippen molar-refractivity contribution in [2.45, 2.75) is 57.4 Å². The maximum absolute atomic E-state index is 12.0. The van der Waals surface area contributed by atoms with Gasteiger partial charge in [-0.1, -0.05) is 32.3 Å². The molecule has 0 radical (unpaired) electrons. The summed E-state index contributed by atoms with van der Waals surface area (Å²) < 4.78 is 23.2. The SMILES string of the molecule is CCCCCC(C)NC(=O)Nc1cc(S(C)(=O)=O)ccc1C. The second-order valence-electron chi connectivity index (χ2n) is 5.74. The van der Waals surface area contributed by atoms with Crippen molar-refractivity contribution in [3.05, 3.63) is 23.8 Å². The summed E-state index contributed by atoms with van der Waals surface area (Å²) >= 11 is 0. The molecule has 0 aromatic heterocycles. The van der Waals surface area contributed by atoms with Crippen LogP contribution in [0.15, 0.2) is 23.1 Å². The number of sulfone groups is 1. The highest BCUT2D eigenvalue weighted by Gasteiger charge is 2.12. The molecule has 2 N–H and O–H groups in total. The third-order valence-corrected chi connectivity index (χ3v) is 4.61. The van der Waals surface area contributed by atoms with Gasteiger partial charge in [-0.25, -0.2) is 13.2 Å². The molecule has 0 aliphatic carbocycles. The molecule has 1 rings (SSSR count). The quantitative estimate of drug-likeness (QED) is 0.753. The number of rotatable bonds is 7. The van der Waals surface area contributed by atoms with Crippen LogP contribution in [0.25, 0.3) is 0 Å². The highest BCUT2D eigenvalue weighted by molar-refractivity contribution is 7.90. The van der Waals surface area contributed by atoms with Crippen molar-refractivity contribution in [3.8, 4) is 0 Å². The summed E-state index contributed by atoms with van der Waals surface area (Å²) in [5.41, 5.74) is 1.34. The molecule has 124 valence electrons. The standard InChI is InChI=1S/C16H26N2O3S/c1-5-6-7-8-13(3)17-16(19)18-15-11-14(22(4,20)21)10-9-12(15)2/h9-11,13H,5-8H2,1-4H3,(H2,17,18,19). The van der Waals surface area contributed by atoms with Crippen molar-refractivity contribution in [1.29, 1.82) is 0 Å². The number of hydrogen-bond donors (Lipinski definition) is 2. The Morgan fingerprint density at radius 2 is 1.95 bits per heavy atom. The van der Waals surface area contributed by atoms with Crippen LogP contribution in [0.3, 0.4) is 0 Å². The van der Waals surface area contributed by atoms with Gasteiger partial charge in [0.05, 0.1) is 4.90 Å². The first-order valence-electron chi connectivity index (χ1n) is 7.62. The molecule has 22 heavy (non-hydrogen) atoms. The van der Waals surface area contributed by atoms with E-state index in [0.29, 0.717) is 5.69 Å². The minimum Gasteiger partial charge on any atom is -0.335 e. The van der Waals surface area contributed by atoms with Gasteiger partial charge in [-0.3, -0.25) is 0 Å². The van der Waals surface area contributed by atoms with E-state index in [2.05, 4.69) is 17.6 Å². The van der Waals surface area contributed by atoms with E-state index in [4.69, 9.17) is 0 Å². The zero-order chi connectivity index (χ0) is 16.8. The molecule has 6 heteroatoms. The lowest BCUT2D eigenvalue weighted by Gasteiger charge is -2.16. The lowest BCUT2D eigenvalue weighted by atomic mass is 10.1. The third-order valence-electron chi connectivity index (χ3n) is 3.50. The molecule has 2 amide bonds. The predicted molar refractivity (Wildman–Crippen MR) is 90.0 cm³/mol. The first-order valence-corrected chi connectivity index (χ1v) is 9.51. The Morgan fingerprint density at radius 1 is 1.27 bits per heavy atom. The normalized spacial score (nSPS) is 12.7. The second kappa shape index (κ2) is 8.17. The molecule has 0 heterocycles. The van der Waals surface area contributed by atoms with Crippen LogP contribution >= 0.6 is 0 Å². The zero-order valence-electron chi connectivity index (χ0n) is 13.8. The molecule has 0 aliphatic rings. The van der Waals surface area contributed by atoms with E-state index >= 15 is 0 Å². The van der Waals surface area contributed by atoms with Crippen molar-refractivity contribution in [2.75, 3.05) is 11.6 Å². The number of aryl methyl sites for hydroxylation is 1. The van der Waals surface area contributed by atoms with Crippen LogP contribution < -0.4 is 10.6 Å². The average Bonchev–Trinajstić information content (AvgIpc) is 2.40. The van der Waals surface area contributed by atoms with Crippen molar-refractivity contribution in [1.82, 2.24) is 5.32 Å². The fourth-order valence-electron chi connectivity index (χ4n) is 2.12. The second-order valence-corrected chi connectivity index (χ2v) is 7.76. The molecule has 0 spiro atoms. The van der Waals surface area contributed by atoms with E-state index in [9.17, 15) is 13.2 Å². The molecular weight excluding hydrogens is 300 g/mol. The molecule has 0 fully saturated rings. The van der Waals surface area contributed by atoms with Crippen LogP contribution in [0, 0.1) is 6.92 Å². The van der Waals surface area contributed by atoms with Gasteiger partial charge < -0.3 is 10.6 Å². The van der Waals surface area contributed by atoms with Crippen LogP contribution in [0.1, 0.15) is 45.1 Å². The fourth-order valence-corrected chi connectivity index (χ4v) is 2.77. The molecule has 5 nitrogen and oxygen atoms in total. The van der Waals surface area contributed by atoms with Crippen molar-refractivity contribution < 1.29 is 13.2 Å². The lowest BCUT2D eigenvalue weighted by molar-refractivity contribution is 0.248. The van der Waals surface area contributed by atoms with Crippen LogP contribution in [0.5, 0.6) is 0 Å². The van der Waals surface area contributed by atoms with E-state index in [1.807, 2.05) is 13.8 Å². The van der Waals surface area contributed by atoms with Crippen LogP contribution in [0.4, 0.5) is 10.5 Å². The summed E-state index contributed by atoms with van der Waals surface area (Å²) in [6.07, 6.45) is 5.47. The Morgan fingerprint density at radius 3 is 2.55 bits per heavy atom. The Balaban J connectivity index is 2.68. The summed E-state index contributed by atoms with van der Waals surface area (Å²) in [6.45, 7) is 5.93. The fraction of sp³-hybridized carbons (Fsp3) is 0.562. The van der Waals surface area contributed by atoms with Crippen LogP contribution in [-0.2, 0) is 9.84 Å². The predicted octanol–water partition coefficient (Wildman–Crippen LogP) is 3.49. The highest BCUT2D eigenvalue weighted by atomic mass is 32.2.